The van der Waals surface area contributed by atoms with Gasteiger partial charge in [0.2, 0.25) is 0 Å². The molecule has 1 aliphatic heterocycles. The molecule has 1 atom stereocenters. The third-order valence-corrected chi connectivity index (χ3v) is 2.52. The van der Waals surface area contributed by atoms with E-state index in [-0.39, 0.29) is 6.10 Å². The van der Waals surface area contributed by atoms with Crippen molar-refractivity contribution in [1.29, 1.82) is 0 Å². The van der Waals surface area contributed by atoms with Crippen molar-refractivity contribution in [3.05, 3.63) is 6.20 Å². The van der Waals surface area contributed by atoms with E-state index >= 15 is 0 Å². The molecule has 1 N–H and O–H groups in total. The molecule has 0 aliphatic carbocycles. The number of aliphatic hydroxyl groups is 1. The van der Waals surface area contributed by atoms with Crippen LogP contribution in [-0.2, 0) is 6.54 Å². The zero-order valence-corrected chi connectivity index (χ0v) is 8.43. The molecule has 0 radical (unpaired) electrons. The first-order valence-corrected chi connectivity index (χ1v) is 5.12. The smallest absolute Gasteiger partial charge is 0.147 e. The topological polar surface area (TPSA) is 54.2 Å². The van der Waals surface area contributed by atoms with Crippen LogP contribution in [0.5, 0.6) is 0 Å². The lowest BCUT2D eigenvalue weighted by Gasteiger charge is -2.17. The van der Waals surface area contributed by atoms with Crippen molar-refractivity contribution in [2.45, 2.75) is 32.4 Å². The Morgan fingerprint density at radius 3 is 3.14 bits per heavy atom. The summed E-state index contributed by atoms with van der Waals surface area (Å²) in [6, 6.07) is 0. The number of hydrogen-bond acceptors (Lipinski definition) is 4. The van der Waals surface area contributed by atoms with Gasteiger partial charge in [0, 0.05) is 19.6 Å². The number of nitrogens with zero attached hydrogens (tertiary/aromatic N) is 4. The van der Waals surface area contributed by atoms with Crippen LogP contribution >= 0.6 is 0 Å². The predicted molar refractivity (Wildman–Crippen MR) is 53.1 cm³/mol. The van der Waals surface area contributed by atoms with Gasteiger partial charge in [0.1, 0.15) is 5.82 Å². The molecule has 1 saturated heterocycles. The largest absolute Gasteiger partial charge is 0.391 e. The van der Waals surface area contributed by atoms with Crippen molar-refractivity contribution < 1.29 is 5.11 Å². The molecular formula is C9H16N4O. The number of rotatable bonds is 3. The van der Waals surface area contributed by atoms with E-state index in [4.69, 9.17) is 0 Å². The molecule has 2 rings (SSSR count). The van der Waals surface area contributed by atoms with Crippen molar-refractivity contribution in [2.24, 2.45) is 0 Å². The molecule has 5 nitrogen and oxygen atoms in total. The molecule has 0 bridgehead atoms. The van der Waals surface area contributed by atoms with Crippen LogP contribution in [-0.4, -0.2) is 39.3 Å². The van der Waals surface area contributed by atoms with Crippen LogP contribution < -0.4 is 4.90 Å². The average molecular weight is 196 g/mol. The summed E-state index contributed by atoms with van der Waals surface area (Å²) in [6.45, 7) is 4.61. The molecule has 1 unspecified atom stereocenters. The van der Waals surface area contributed by atoms with Gasteiger partial charge in [-0.05, 0) is 12.8 Å². The standard InChI is InChI=1S/C9H16N4O/c1-2-4-13-9(6-10-11-13)12-5-3-8(14)7-12/h6,8,14H,2-5,7H2,1H3. The van der Waals surface area contributed by atoms with Gasteiger partial charge in [0.15, 0.2) is 0 Å². The van der Waals surface area contributed by atoms with Crippen LogP contribution in [0, 0.1) is 0 Å². The molecule has 1 aromatic heterocycles. The van der Waals surface area contributed by atoms with Crippen molar-refractivity contribution in [2.75, 3.05) is 18.0 Å². The van der Waals surface area contributed by atoms with Gasteiger partial charge in [0.25, 0.3) is 0 Å². The third kappa shape index (κ3) is 1.72. The average Bonchev–Trinajstić information content (AvgIpc) is 2.74. The van der Waals surface area contributed by atoms with Gasteiger partial charge in [-0.2, -0.15) is 0 Å². The summed E-state index contributed by atoms with van der Waals surface area (Å²) in [5.41, 5.74) is 0. The Bertz CT molecular complexity index is 299. The van der Waals surface area contributed by atoms with E-state index in [2.05, 4.69) is 22.1 Å². The Morgan fingerprint density at radius 1 is 1.64 bits per heavy atom. The molecule has 0 amide bonds. The number of aromatic nitrogens is 3. The van der Waals surface area contributed by atoms with Crippen LogP contribution in [0.15, 0.2) is 6.20 Å². The summed E-state index contributed by atoms with van der Waals surface area (Å²) in [5, 5.41) is 17.3. The Hall–Kier alpha value is -1.10. The second-order valence-electron chi connectivity index (χ2n) is 3.70. The summed E-state index contributed by atoms with van der Waals surface area (Å²) in [6.07, 6.45) is 3.47. The molecule has 1 aliphatic rings. The van der Waals surface area contributed by atoms with Gasteiger partial charge in [0.05, 0.1) is 12.3 Å². The highest BCUT2D eigenvalue weighted by atomic mass is 16.3. The first-order chi connectivity index (χ1) is 6.81. The van der Waals surface area contributed by atoms with Crippen LogP contribution in [0.3, 0.4) is 0 Å². The van der Waals surface area contributed by atoms with E-state index in [0.29, 0.717) is 6.54 Å². The molecule has 78 valence electrons. The summed E-state index contributed by atoms with van der Waals surface area (Å²) in [4.78, 5) is 2.14. The van der Waals surface area contributed by atoms with Crippen LogP contribution in [0.1, 0.15) is 19.8 Å². The predicted octanol–water partition coefficient (Wildman–Crippen LogP) is 0.259. The molecule has 1 aromatic rings. The Morgan fingerprint density at radius 2 is 2.50 bits per heavy atom. The van der Waals surface area contributed by atoms with E-state index < -0.39 is 0 Å². The Kier molecular flexibility index (Phi) is 2.67. The maximum absolute atomic E-state index is 9.43. The third-order valence-electron chi connectivity index (χ3n) is 2.52. The highest BCUT2D eigenvalue weighted by Gasteiger charge is 2.22. The zero-order valence-electron chi connectivity index (χ0n) is 8.43. The first-order valence-electron chi connectivity index (χ1n) is 5.12. The lowest BCUT2D eigenvalue weighted by atomic mass is 10.3. The summed E-state index contributed by atoms with van der Waals surface area (Å²) in [5.74, 6) is 1.03. The maximum atomic E-state index is 9.43. The molecular weight excluding hydrogens is 180 g/mol. The SMILES string of the molecule is CCCn1nncc1N1CCC(O)C1. The Labute approximate surface area is 83.3 Å². The second kappa shape index (κ2) is 3.96. The minimum absolute atomic E-state index is 0.194. The van der Waals surface area contributed by atoms with E-state index in [1.165, 1.54) is 0 Å². The lowest BCUT2D eigenvalue weighted by molar-refractivity contribution is 0.198. The summed E-state index contributed by atoms with van der Waals surface area (Å²) < 4.78 is 1.90. The van der Waals surface area contributed by atoms with Crippen LogP contribution in [0.4, 0.5) is 5.82 Å². The fraction of sp³-hybridized carbons (Fsp3) is 0.778. The first kappa shape index (κ1) is 9.45. The molecule has 14 heavy (non-hydrogen) atoms. The molecule has 5 heteroatoms. The monoisotopic (exact) mass is 196 g/mol. The van der Waals surface area contributed by atoms with Gasteiger partial charge in [-0.15, -0.1) is 5.10 Å². The van der Waals surface area contributed by atoms with Crippen LogP contribution in [0.25, 0.3) is 0 Å². The Balaban J connectivity index is 2.11. The number of aryl methyl sites for hydroxylation is 1. The van der Waals surface area contributed by atoms with Crippen molar-refractivity contribution in [3.63, 3.8) is 0 Å². The molecule has 0 aromatic carbocycles. The lowest BCUT2D eigenvalue weighted by Crippen LogP contribution is -2.24. The molecule has 0 saturated carbocycles. The second-order valence-corrected chi connectivity index (χ2v) is 3.70. The summed E-state index contributed by atoms with van der Waals surface area (Å²) >= 11 is 0. The zero-order chi connectivity index (χ0) is 9.97. The van der Waals surface area contributed by atoms with Gasteiger partial charge in [-0.25, -0.2) is 4.68 Å². The quantitative estimate of drug-likeness (QED) is 0.753. The highest BCUT2D eigenvalue weighted by Crippen LogP contribution is 2.18. The van der Waals surface area contributed by atoms with Gasteiger partial charge < -0.3 is 10.0 Å². The van der Waals surface area contributed by atoms with Gasteiger partial charge in [-0.1, -0.05) is 12.1 Å². The number of anilines is 1. The van der Waals surface area contributed by atoms with Crippen LogP contribution in [0.2, 0.25) is 0 Å². The van der Waals surface area contributed by atoms with Crippen molar-refractivity contribution >= 4 is 5.82 Å². The van der Waals surface area contributed by atoms with E-state index in [1.54, 1.807) is 6.20 Å². The van der Waals surface area contributed by atoms with Gasteiger partial charge >= 0.3 is 0 Å². The number of β-amino-alcohol motifs (C(OH)–C–C–N with tert-alkyl or cyclic N) is 1. The minimum atomic E-state index is -0.194. The van der Waals surface area contributed by atoms with Crippen molar-refractivity contribution in [3.8, 4) is 0 Å². The molecule has 1 fully saturated rings. The fourth-order valence-corrected chi connectivity index (χ4v) is 1.82. The molecule has 2 heterocycles. The van der Waals surface area contributed by atoms with Gasteiger partial charge in [-0.3, -0.25) is 0 Å². The summed E-state index contributed by atoms with van der Waals surface area (Å²) in [7, 11) is 0. The van der Waals surface area contributed by atoms with E-state index in [0.717, 1.165) is 31.7 Å². The maximum Gasteiger partial charge on any atom is 0.147 e. The highest BCUT2D eigenvalue weighted by molar-refractivity contribution is 5.37. The minimum Gasteiger partial charge on any atom is -0.391 e. The van der Waals surface area contributed by atoms with Crippen molar-refractivity contribution in [1.82, 2.24) is 15.0 Å². The van der Waals surface area contributed by atoms with E-state index in [1.807, 2.05) is 4.68 Å². The molecule has 0 spiro atoms. The normalized spacial score (nSPS) is 21.9. The van der Waals surface area contributed by atoms with E-state index in [9.17, 15) is 5.11 Å². The number of hydrogen-bond donors (Lipinski definition) is 1. The number of aliphatic hydroxyl groups excluding tert-OH is 1. The fourth-order valence-electron chi connectivity index (χ4n) is 1.82.